The smallest absolute Gasteiger partial charge is 0.225 e. The number of nitrogens with one attached hydrogen (secondary N) is 1. The average Bonchev–Trinajstić information content (AvgIpc) is 2.47. The Morgan fingerprint density at radius 3 is 3.05 bits per heavy atom. The van der Waals surface area contributed by atoms with Crippen LogP contribution in [-0.4, -0.2) is 29.8 Å². The van der Waals surface area contributed by atoms with E-state index < -0.39 is 0 Å². The lowest BCUT2D eigenvalue weighted by Gasteiger charge is -2.32. The fraction of sp³-hybridized carbons (Fsp3) is 0.375. The number of rotatable bonds is 5. The van der Waals surface area contributed by atoms with Crippen molar-refractivity contribution in [3.63, 3.8) is 0 Å². The van der Waals surface area contributed by atoms with Crippen LogP contribution in [0.3, 0.4) is 0 Å². The van der Waals surface area contributed by atoms with Crippen LogP contribution in [0, 0.1) is 11.7 Å². The van der Waals surface area contributed by atoms with Crippen LogP contribution in [0.4, 0.5) is 4.39 Å². The standard InChI is InChI=1S/C16H19FN2O2/c1-2-8-18-16(21)13-6-7-15(20)19(11-13)10-12-4-3-5-14(17)9-12/h2-5,9,13H,1,6-8,10-11H2,(H,18,21)/t13-/m1/s1. The Kier molecular flexibility index (Phi) is 5.09. The van der Waals surface area contributed by atoms with Gasteiger partial charge in [0.05, 0.1) is 5.92 Å². The molecule has 1 atom stereocenters. The van der Waals surface area contributed by atoms with E-state index in [-0.39, 0.29) is 23.5 Å². The number of carbonyl (C=O) groups is 2. The maximum absolute atomic E-state index is 13.2. The molecule has 1 aliphatic rings. The number of carbonyl (C=O) groups excluding carboxylic acids is 2. The molecule has 1 aliphatic heterocycles. The van der Waals surface area contributed by atoms with Gasteiger partial charge in [-0.15, -0.1) is 6.58 Å². The Morgan fingerprint density at radius 1 is 1.52 bits per heavy atom. The zero-order chi connectivity index (χ0) is 15.2. The average molecular weight is 290 g/mol. The van der Waals surface area contributed by atoms with Crippen molar-refractivity contribution in [1.82, 2.24) is 10.2 Å². The first kappa shape index (κ1) is 15.2. The second-order valence-corrected chi connectivity index (χ2v) is 5.17. The van der Waals surface area contributed by atoms with Crippen LogP contribution in [0.1, 0.15) is 18.4 Å². The zero-order valence-electron chi connectivity index (χ0n) is 11.8. The molecular formula is C16H19FN2O2. The number of hydrogen-bond acceptors (Lipinski definition) is 2. The van der Waals surface area contributed by atoms with Crippen LogP contribution >= 0.6 is 0 Å². The fourth-order valence-corrected chi connectivity index (χ4v) is 2.45. The molecule has 1 aromatic carbocycles. The SMILES string of the molecule is C=CCNC(=O)[C@@H]1CCC(=O)N(Cc2cccc(F)c2)C1. The largest absolute Gasteiger partial charge is 0.352 e. The molecule has 0 saturated carbocycles. The summed E-state index contributed by atoms with van der Waals surface area (Å²) in [6.45, 7) is 4.69. The van der Waals surface area contributed by atoms with Gasteiger partial charge in [-0.05, 0) is 24.1 Å². The lowest BCUT2D eigenvalue weighted by atomic mass is 9.96. The monoisotopic (exact) mass is 290 g/mol. The van der Waals surface area contributed by atoms with Gasteiger partial charge in [0.15, 0.2) is 0 Å². The summed E-state index contributed by atoms with van der Waals surface area (Å²) in [7, 11) is 0. The number of hydrogen-bond donors (Lipinski definition) is 1. The van der Waals surface area contributed by atoms with Crippen molar-refractivity contribution in [2.24, 2.45) is 5.92 Å². The van der Waals surface area contributed by atoms with Crippen LogP contribution in [0.25, 0.3) is 0 Å². The van der Waals surface area contributed by atoms with Crippen LogP contribution < -0.4 is 5.32 Å². The number of benzene rings is 1. The third kappa shape index (κ3) is 4.15. The van der Waals surface area contributed by atoms with Crippen LogP contribution in [0.2, 0.25) is 0 Å². The second kappa shape index (κ2) is 7.02. The second-order valence-electron chi connectivity index (χ2n) is 5.17. The van der Waals surface area contributed by atoms with Gasteiger partial charge in [-0.25, -0.2) is 4.39 Å². The van der Waals surface area contributed by atoms with Crippen LogP contribution in [0.5, 0.6) is 0 Å². The summed E-state index contributed by atoms with van der Waals surface area (Å²) in [6.07, 6.45) is 2.53. The van der Waals surface area contributed by atoms with E-state index in [1.807, 2.05) is 0 Å². The molecule has 0 spiro atoms. The van der Waals surface area contributed by atoms with E-state index in [2.05, 4.69) is 11.9 Å². The van der Waals surface area contributed by atoms with E-state index in [1.165, 1.54) is 12.1 Å². The molecule has 5 heteroatoms. The molecule has 2 rings (SSSR count). The van der Waals surface area contributed by atoms with Gasteiger partial charge in [-0.2, -0.15) is 0 Å². The predicted octanol–water partition coefficient (Wildman–Crippen LogP) is 1.87. The lowest BCUT2D eigenvalue weighted by molar-refractivity contribution is -0.138. The first-order valence-corrected chi connectivity index (χ1v) is 7.01. The first-order chi connectivity index (χ1) is 10.1. The molecule has 0 radical (unpaired) electrons. The molecule has 1 heterocycles. The molecule has 0 bridgehead atoms. The van der Waals surface area contributed by atoms with Gasteiger partial charge >= 0.3 is 0 Å². The fourth-order valence-electron chi connectivity index (χ4n) is 2.45. The summed E-state index contributed by atoms with van der Waals surface area (Å²) in [6, 6.07) is 6.17. The Balaban J connectivity index is 1.99. The summed E-state index contributed by atoms with van der Waals surface area (Å²) in [5.41, 5.74) is 0.732. The molecule has 2 amide bonds. The highest BCUT2D eigenvalue weighted by atomic mass is 19.1. The van der Waals surface area contributed by atoms with Gasteiger partial charge in [0.1, 0.15) is 5.82 Å². The molecule has 112 valence electrons. The highest BCUT2D eigenvalue weighted by molar-refractivity contribution is 5.83. The highest BCUT2D eigenvalue weighted by Crippen LogP contribution is 2.20. The normalized spacial score (nSPS) is 18.4. The van der Waals surface area contributed by atoms with Crippen LogP contribution in [-0.2, 0) is 16.1 Å². The van der Waals surface area contributed by atoms with E-state index in [1.54, 1.807) is 23.1 Å². The lowest BCUT2D eigenvalue weighted by Crippen LogP contribution is -2.45. The van der Waals surface area contributed by atoms with Gasteiger partial charge in [-0.3, -0.25) is 9.59 Å². The number of likely N-dealkylation sites (tertiary alicyclic amines) is 1. The van der Waals surface area contributed by atoms with Crippen molar-refractivity contribution < 1.29 is 14.0 Å². The molecule has 21 heavy (non-hydrogen) atoms. The molecule has 1 fully saturated rings. The zero-order valence-corrected chi connectivity index (χ0v) is 11.8. The van der Waals surface area contributed by atoms with Gasteiger partial charge in [0.25, 0.3) is 0 Å². The minimum Gasteiger partial charge on any atom is -0.352 e. The van der Waals surface area contributed by atoms with E-state index >= 15 is 0 Å². The molecule has 1 saturated heterocycles. The van der Waals surface area contributed by atoms with E-state index in [0.717, 1.165) is 5.56 Å². The van der Waals surface area contributed by atoms with Crippen molar-refractivity contribution in [1.29, 1.82) is 0 Å². The molecule has 0 unspecified atom stereocenters. The summed E-state index contributed by atoms with van der Waals surface area (Å²) in [5, 5.41) is 2.76. The van der Waals surface area contributed by atoms with Gasteiger partial charge < -0.3 is 10.2 Å². The van der Waals surface area contributed by atoms with Crippen molar-refractivity contribution in [3.05, 3.63) is 48.3 Å². The maximum atomic E-state index is 13.2. The summed E-state index contributed by atoms with van der Waals surface area (Å²) in [5.74, 6) is -0.591. The molecule has 1 N–H and O–H groups in total. The molecule has 4 nitrogen and oxygen atoms in total. The highest BCUT2D eigenvalue weighted by Gasteiger charge is 2.29. The van der Waals surface area contributed by atoms with Gasteiger partial charge in [0, 0.05) is 26.1 Å². The quantitative estimate of drug-likeness (QED) is 0.842. The Hall–Kier alpha value is -2.17. The Labute approximate surface area is 123 Å². The minimum absolute atomic E-state index is 0.00651. The topological polar surface area (TPSA) is 49.4 Å². The number of piperidine rings is 1. The minimum atomic E-state index is -0.322. The Bertz CT molecular complexity index is 545. The number of nitrogens with zero attached hydrogens (tertiary/aromatic N) is 1. The number of amides is 2. The molecule has 1 aromatic rings. The first-order valence-electron chi connectivity index (χ1n) is 7.01. The van der Waals surface area contributed by atoms with Gasteiger partial charge in [0.2, 0.25) is 11.8 Å². The van der Waals surface area contributed by atoms with Crippen molar-refractivity contribution in [2.45, 2.75) is 19.4 Å². The third-order valence-corrected chi connectivity index (χ3v) is 3.55. The Morgan fingerprint density at radius 2 is 2.33 bits per heavy atom. The van der Waals surface area contributed by atoms with E-state index in [4.69, 9.17) is 0 Å². The summed E-state index contributed by atoms with van der Waals surface area (Å²) >= 11 is 0. The molecule has 0 aromatic heterocycles. The van der Waals surface area contributed by atoms with Crippen molar-refractivity contribution >= 4 is 11.8 Å². The van der Waals surface area contributed by atoms with E-state index in [0.29, 0.717) is 32.5 Å². The predicted molar refractivity (Wildman–Crippen MR) is 77.7 cm³/mol. The molecular weight excluding hydrogens is 271 g/mol. The van der Waals surface area contributed by atoms with Crippen molar-refractivity contribution in [2.75, 3.05) is 13.1 Å². The van der Waals surface area contributed by atoms with Gasteiger partial charge in [-0.1, -0.05) is 18.2 Å². The van der Waals surface area contributed by atoms with Crippen molar-refractivity contribution in [3.8, 4) is 0 Å². The van der Waals surface area contributed by atoms with E-state index in [9.17, 15) is 14.0 Å². The van der Waals surface area contributed by atoms with Crippen LogP contribution in [0.15, 0.2) is 36.9 Å². The third-order valence-electron chi connectivity index (χ3n) is 3.55. The number of halogens is 1. The summed E-state index contributed by atoms with van der Waals surface area (Å²) in [4.78, 5) is 25.5. The maximum Gasteiger partial charge on any atom is 0.225 e. The molecule has 0 aliphatic carbocycles. The summed E-state index contributed by atoms with van der Waals surface area (Å²) < 4.78 is 13.2.